The number of para-hydroxylation sites is 6. The molecule has 0 heterocycles. The Hall–Kier alpha value is -10.7. The molecular formula is C82H70BrN5. The first-order chi connectivity index (χ1) is 43.3. The molecule has 5 nitrogen and oxygen atoms in total. The lowest BCUT2D eigenvalue weighted by atomic mass is 9.98. The number of nitrogens with zero attached hydrogens (tertiary/aromatic N) is 3. The normalized spacial score (nSPS) is 10.6. The van der Waals surface area contributed by atoms with Gasteiger partial charge in [-0.05, 0) is 216 Å². The molecule has 6 heteroatoms. The van der Waals surface area contributed by atoms with E-state index in [-0.39, 0.29) is 0 Å². The summed E-state index contributed by atoms with van der Waals surface area (Å²) in [5, 5.41) is 0. The van der Waals surface area contributed by atoms with Gasteiger partial charge in [-0.25, -0.2) is 0 Å². The quantitative estimate of drug-likeness (QED) is 0.0890. The summed E-state index contributed by atoms with van der Waals surface area (Å²) in [6.45, 7) is 0. The molecule has 0 amide bonds. The number of nitrogen functional groups attached to an aromatic ring is 2. The zero-order valence-electron chi connectivity index (χ0n) is 49.2. The van der Waals surface area contributed by atoms with E-state index < -0.39 is 0 Å². The fourth-order valence-corrected chi connectivity index (χ4v) is 10.9. The van der Waals surface area contributed by atoms with Gasteiger partial charge in [0.25, 0.3) is 0 Å². The highest BCUT2D eigenvalue weighted by atomic mass is 79.9. The van der Waals surface area contributed by atoms with Crippen molar-refractivity contribution in [2.75, 3.05) is 26.2 Å². The number of halogens is 1. The molecule has 0 aromatic heterocycles. The summed E-state index contributed by atoms with van der Waals surface area (Å²) in [5.41, 5.74) is 33.6. The van der Waals surface area contributed by atoms with E-state index in [1.807, 2.05) is 60.7 Å². The molecule has 430 valence electrons. The van der Waals surface area contributed by atoms with Gasteiger partial charge in [0, 0.05) is 67.0 Å². The van der Waals surface area contributed by atoms with Gasteiger partial charge < -0.3 is 26.2 Å². The van der Waals surface area contributed by atoms with Gasteiger partial charge in [0.1, 0.15) is 0 Å². The highest BCUT2D eigenvalue weighted by molar-refractivity contribution is 9.10. The molecule has 0 aliphatic heterocycles. The Morgan fingerprint density at radius 1 is 0.182 bits per heavy atom. The number of nitrogens with two attached hydrogens (primary N) is 2. The fraction of sp³-hybridized carbons (Fsp3) is 0.0488. The van der Waals surface area contributed by atoms with Crippen molar-refractivity contribution in [2.24, 2.45) is 0 Å². The average molecular weight is 1210 g/mol. The summed E-state index contributed by atoms with van der Waals surface area (Å²) in [4.78, 5) is 6.84. The standard InChI is InChI=1S/C51H42N2.C18H14BrN.C13H14N2/c1-5-13-46(14-6-1)52(47-15-7-2-8-16-47)50-33-29-44(30-34-50)38-42-25-21-40(22-26-42)37-41-23-27-43(28-24-41)39-45-31-35-51(36-32-45)53(48-17-9-3-10-18-48)49-19-11-4-12-20-49;19-15-11-13-18(14-12-15)20(16-7-3-1-4-8-16)17-9-5-2-6-10-17;14-12-5-1-10(2-6-12)9-11-3-7-13(15)8-4-11/h1-36H,37-39H2;1-14H;1-8H,9,14-15H2. The van der Waals surface area contributed by atoms with Gasteiger partial charge in [0.15, 0.2) is 0 Å². The number of hydrogen-bond donors (Lipinski definition) is 2. The first-order valence-corrected chi connectivity index (χ1v) is 30.6. The van der Waals surface area contributed by atoms with E-state index in [4.69, 9.17) is 11.5 Å². The number of benzene rings is 13. The van der Waals surface area contributed by atoms with E-state index in [1.165, 1.54) is 44.5 Å². The van der Waals surface area contributed by atoms with Gasteiger partial charge in [-0.3, -0.25) is 0 Å². The topological polar surface area (TPSA) is 61.8 Å². The Balaban J connectivity index is 0.000000184. The minimum atomic E-state index is 0.802. The minimum Gasteiger partial charge on any atom is -0.399 e. The van der Waals surface area contributed by atoms with Crippen LogP contribution in [0.4, 0.5) is 62.6 Å². The Morgan fingerprint density at radius 3 is 0.523 bits per heavy atom. The molecule has 13 aromatic carbocycles. The van der Waals surface area contributed by atoms with Crippen molar-refractivity contribution in [1.82, 2.24) is 0 Å². The minimum absolute atomic E-state index is 0.802. The van der Waals surface area contributed by atoms with Crippen LogP contribution in [-0.2, 0) is 25.7 Å². The third-order valence-corrected chi connectivity index (χ3v) is 15.7. The van der Waals surface area contributed by atoms with Crippen molar-refractivity contribution < 1.29 is 0 Å². The highest BCUT2D eigenvalue weighted by Crippen LogP contribution is 2.37. The molecule has 0 unspecified atom stereocenters. The van der Waals surface area contributed by atoms with Crippen LogP contribution in [0.3, 0.4) is 0 Å². The van der Waals surface area contributed by atoms with E-state index in [0.717, 1.165) is 92.7 Å². The van der Waals surface area contributed by atoms with E-state index >= 15 is 0 Å². The van der Waals surface area contributed by atoms with Crippen molar-refractivity contribution in [3.63, 3.8) is 0 Å². The smallest absolute Gasteiger partial charge is 0.0462 e. The molecule has 0 bridgehead atoms. The zero-order valence-corrected chi connectivity index (χ0v) is 50.8. The Labute approximate surface area is 527 Å². The second-order valence-electron chi connectivity index (χ2n) is 21.7. The molecule has 0 spiro atoms. The molecule has 0 aliphatic carbocycles. The Kier molecular flexibility index (Phi) is 20.1. The first-order valence-electron chi connectivity index (χ1n) is 29.8. The molecule has 0 radical (unpaired) electrons. The van der Waals surface area contributed by atoms with E-state index in [2.05, 4.69) is 322 Å². The largest absolute Gasteiger partial charge is 0.399 e. The Morgan fingerprint density at radius 2 is 0.330 bits per heavy atom. The van der Waals surface area contributed by atoms with Gasteiger partial charge in [-0.2, -0.15) is 0 Å². The zero-order chi connectivity index (χ0) is 60.1. The molecule has 88 heavy (non-hydrogen) atoms. The van der Waals surface area contributed by atoms with Crippen LogP contribution in [0.25, 0.3) is 0 Å². The molecule has 0 aliphatic rings. The predicted molar refractivity (Wildman–Crippen MR) is 377 cm³/mol. The molecular weight excluding hydrogens is 1130 g/mol. The van der Waals surface area contributed by atoms with Crippen LogP contribution >= 0.6 is 15.9 Å². The monoisotopic (exact) mass is 1200 g/mol. The van der Waals surface area contributed by atoms with E-state index in [0.29, 0.717) is 0 Å². The van der Waals surface area contributed by atoms with Crippen LogP contribution in [0, 0.1) is 0 Å². The SMILES string of the molecule is Brc1ccc(N(c2ccccc2)c2ccccc2)cc1.Nc1ccc(Cc2ccc(N)cc2)cc1.c1ccc(N(c2ccccc2)c2ccc(Cc3ccc(Cc4ccc(Cc5ccc(N(c6ccccc6)c6ccccc6)cc5)cc4)cc3)cc2)cc1. The lowest BCUT2D eigenvalue weighted by Crippen LogP contribution is -2.09. The summed E-state index contributed by atoms with van der Waals surface area (Å²) < 4.78 is 1.09. The van der Waals surface area contributed by atoms with Crippen molar-refractivity contribution in [2.45, 2.75) is 25.7 Å². The molecule has 0 fully saturated rings. The van der Waals surface area contributed by atoms with Crippen molar-refractivity contribution in [3.8, 4) is 0 Å². The fourth-order valence-electron chi connectivity index (χ4n) is 10.7. The average Bonchev–Trinajstić information content (AvgIpc) is 2.69. The molecule has 0 saturated heterocycles. The van der Waals surface area contributed by atoms with E-state index in [9.17, 15) is 0 Å². The maximum Gasteiger partial charge on any atom is 0.0462 e. The molecule has 13 rings (SSSR count). The van der Waals surface area contributed by atoms with Gasteiger partial charge in [0.05, 0.1) is 0 Å². The maximum atomic E-state index is 5.62. The van der Waals surface area contributed by atoms with Crippen LogP contribution in [0.1, 0.15) is 44.5 Å². The van der Waals surface area contributed by atoms with Crippen LogP contribution in [0.2, 0.25) is 0 Å². The van der Waals surface area contributed by atoms with Crippen molar-refractivity contribution >= 4 is 78.5 Å². The number of anilines is 11. The van der Waals surface area contributed by atoms with E-state index in [1.54, 1.807) is 0 Å². The summed E-state index contributed by atoms with van der Waals surface area (Å²) >= 11 is 3.49. The van der Waals surface area contributed by atoms with Crippen LogP contribution < -0.4 is 26.2 Å². The molecule has 13 aromatic rings. The second kappa shape index (κ2) is 29.9. The highest BCUT2D eigenvalue weighted by Gasteiger charge is 2.15. The van der Waals surface area contributed by atoms with Gasteiger partial charge in [0.2, 0.25) is 0 Å². The lowest BCUT2D eigenvalue weighted by Gasteiger charge is -2.25. The summed E-state index contributed by atoms with van der Waals surface area (Å²) in [6, 6.07) is 123. The van der Waals surface area contributed by atoms with Gasteiger partial charge in [-0.15, -0.1) is 0 Å². The van der Waals surface area contributed by atoms with Crippen LogP contribution in [0.5, 0.6) is 0 Å². The summed E-state index contributed by atoms with van der Waals surface area (Å²) in [6.07, 6.45) is 3.65. The third-order valence-electron chi connectivity index (χ3n) is 15.2. The molecule has 0 saturated carbocycles. The van der Waals surface area contributed by atoms with Gasteiger partial charge in [-0.1, -0.05) is 222 Å². The second-order valence-corrected chi connectivity index (χ2v) is 22.6. The van der Waals surface area contributed by atoms with Crippen LogP contribution in [0.15, 0.2) is 356 Å². The predicted octanol–water partition coefficient (Wildman–Crippen LogP) is 21.8. The van der Waals surface area contributed by atoms with Gasteiger partial charge >= 0.3 is 0 Å². The summed E-state index contributed by atoms with van der Waals surface area (Å²) in [7, 11) is 0. The van der Waals surface area contributed by atoms with Crippen molar-refractivity contribution in [3.05, 3.63) is 401 Å². The lowest BCUT2D eigenvalue weighted by molar-refractivity contribution is 1.13. The molecule has 4 N–H and O–H groups in total. The van der Waals surface area contributed by atoms with Crippen LogP contribution in [-0.4, -0.2) is 0 Å². The summed E-state index contributed by atoms with van der Waals surface area (Å²) in [5.74, 6) is 0. The Bertz CT molecular complexity index is 3810. The maximum absolute atomic E-state index is 5.62. The third kappa shape index (κ3) is 16.4. The number of rotatable bonds is 17. The first kappa shape index (κ1) is 59.1. The van der Waals surface area contributed by atoms with Crippen molar-refractivity contribution in [1.29, 1.82) is 0 Å². The molecule has 0 atom stereocenters. The number of hydrogen-bond acceptors (Lipinski definition) is 5.